The van der Waals surface area contributed by atoms with E-state index in [1.54, 1.807) is 28.8 Å². The summed E-state index contributed by atoms with van der Waals surface area (Å²) < 4.78 is 10.4. The lowest BCUT2D eigenvalue weighted by atomic mass is 10.2. The molecule has 3 rings (SSSR count). The van der Waals surface area contributed by atoms with Gasteiger partial charge in [-0.2, -0.15) is 0 Å². The quantitative estimate of drug-likeness (QED) is 0.788. The molecule has 2 fully saturated rings. The van der Waals surface area contributed by atoms with Crippen molar-refractivity contribution in [3.05, 3.63) is 23.8 Å². The fraction of sp³-hybridized carbons (Fsp3) is 0.500. The summed E-state index contributed by atoms with van der Waals surface area (Å²) in [6, 6.07) is 4.78. The van der Waals surface area contributed by atoms with Crippen molar-refractivity contribution in [2.24, 2.45) is 0 Å². The third-order valence-electron chi connectivity index (χ3n) is 4.69. The van der Waals surface area contributed by atoms with E-state index in [1.807, 2.05) is 19.9 Å². The highest BCUT2D eigenvalue weighted by molar-refractivity contribution is 8.01. The first-order valence-corrected chi connectivity index (χ1v) is 9.40. The van der Waals surface area contributed by atoms with Gasteiger partial charge in [-0.15, -0.1) is 11.8 Å². The number of methoxy groups -OCH3 is 1. The van der Waals surface area contributed by atoms with Crippen LogP contribution < -0.4 is 10.1 Å². The molecule has 1 aromatic carbocycles. The highest BCUT2D eigenvalue weighted by atomic mass is 32.2. The Morgan fingerprint density at radius 3 is 2.92 bits per heavy atom. The molecule has 0 bridgehead atoms. The van der Waals surface area contributed by atoms with Crippen LogP contribution in [0.15, 0.2) is 18.2 Å². The van der Waals surface area contributed by atoms with Gasteiger partial charge in [0.25, 0.3) is 5.91 Å². The summed E-state index contributed by atoms with van der Waals surface area (Å²) in [7, 11) is 1.52. The number of rotatable bonds is 5. The zero-order valence-electron chi connectivity index (χ0n) is 15.0. The van der Waals surface area contributed by atoms with Gasteiger partial charge in [-0.05, 0) is 38.0 Å². The van der Waals surface area contributed by atoms with Crippen LogP contribution in [0, 0.1) is 6.92 Å². The van der Waals surface area contributed by atoms with E-state index in [0.29, 0.717) is 23.6 Å². The molecule has 1 N–H and O–H groups in total. The molecular weight excluding hydrogens is 356 g/mol. The molecule has 0 spiro atoms. The van der Waals surface area contributed by atoms with Crippen LogP contribution in [0.1, 0.15) is 25.3 Å². The Balaban J connectivity index is 1.57. The summed E-state index contributed by atoms with van der Waals surface area (Å²) in [6.07, 6.45) is 1.18. The van der Waals surface area contributed by atoms with Gasteiger partial charge < -0.3 is 19.7 Å². The van der Waals surface area contributed by atoms with Crippen LogP contribution in [0.4, 0.5) is 5.69 Å². The smallest absolute Gasteiger partial charge is 0.330 e. The molecule has 7 nitrogen and oxygen atoms in total. The van der Waals surface area contributed by atoms with Crippen molar-refractivity contribution in [2.45, 2.75) is 37.6 Å². The normalized spacial score (nSPS) is 24.3. The molecule has 8 heteroatoms. The SMILES string of the molecule is COc1ccc(C)cc1NC(=O)COC(=O)[C@H]1CS[C@@]2(C)CCC(=O)N12. The van der Waals surface area contributed by atoms with E-state index in [-0.39, 0.29) is 10.8 Å². The molecule has 140 valence electrons. The summed E-state index contributed by atoms with van der Waals surface area (Å²) in [5.41, 5.74) is 1.49. The first-order valence-electron chi connectivity index (χ1n) is 8.41. The van der Waals surface area contributed by atoms with Crippen molar-refractivity contribution in [3.63, 3.8) is 0 Å². The Hall–Kier alpha value is -2.22. The maximum absolute atomic E-state index is 12.4. The second kappa shape index (κ2) is 7.19. The number of carbonyl (C=O) groups excluding carboxylic acids is 3. The minimum atomic E-state index is -0.624. The van der Waals surface area contributed by atoms with E-state index in [1.165, 1.54) is 7.11 Å². The number of hydrogen-bond acceptors (Lipinski definition) is 6. The van der Waals surface area contributed by atoms with Crippen molar-refractivity contribution in [3.8, 4) is 5.75 Å². The Labute approximate surface area is 156 Å². The Morgan fingerprint density at radius 1 is 1.42 bits per heavy atom. The lowest BCUT2D eigenvalue weighted by Gasteiger charge is -2.29. The zero-order chi connectivity index (χ0) is 18.9. The first-order chi connectivity index (χ1) is 12.3. The molecular formula is C18H22N2O5S. The molecule has 0 aliphatic carbocycles. The molecule has 0 aromatic heterocycles. The van der Waals surface area contributed by atoms with Crippen LogP contribution >= 0.6 is 11.8 Å². The van der Waals surface area contributed by atoms with E-state index in [0.717, 1.165) is 12.0 Å². The van der Waals surface area contributed by atoms with Crippen LogP contribution in [0.25, 0.3) is 0 Å². The third-order valence-corrected chi connectivity index (χ3v) is 6.20. The van der Waals surface area contributed by atoms with Gasteiger partial charge in [0.05, 0.1) is 17.7 Å². The van der Waals surface area contributed by atoms with Crippen molar-refractivity contribution in [1.29, 1.82) is 0 Å². The number of benzene rings is 1. The number of esters is 1. The van der Waals surface area contributed by atoms with Crippen molar-refractivity contribution in [2.75, 3.05) is 24.8 Å². The average molecular weight is 378 g/mol. The Kier molecular flexibility index (Phi) is 5.13. The monoisotopic (exact) mass is 378 g/mol. The summed E-state index contributed by atoms with van der Waals surface area (Å²) in [6.45, 7) is 3.46. The largest absolute Gasteiger partial charge is 0.495 e. The number of thioether (sulfide) groups is 1. The predicted octanol–water partition coefficient (Wildman–Crippen LogP) is 1.94. The number of anilines is 1. The predicted molar refractivity (Wildman–Crippen MR) is 98.1 cm³/mol. The zero-order valence-corrected chi connectivity index (χ0v) is 15.9. The number of fused-ring (bicyclic) bond motifs is 1. The molecule has 2 saturated heterocycles. The number of carbonyl (C=O) groups is 3. The van der Waals surface area contributed by atoms with E-state index >= 15 is 0 Å². The van der Waals surface area contributed by atoms with Crippen LogP contribution in [-0.2, 0) is 19.1 Å². The van der Waals surface area contributed by atoms with Gasteiger partial charge in [0, 0.05) is 12.2 Å². The summed E-state index contributed by atoms with van der Waals surface area (Å²) in [5.74, 6) is -0.00506. The summed E-state index contributed by atoms with van der Waals surface area (Å²) in [4.78, 5) is 37.9. The molecule has 1 aromatic rings. The van der Waals surface area contributed by atoms with Gasteiger partial charge in [0.15, 0.2) is 6.61 Å². The number of amides is 2. The number of aryl methyl sites for hydroxylation is 1. The van der Waals surface area contributed by atoms with Gasteiger partial charge in [-0.3, -0.25) is 9.59 Å². The molecule has 0 radical (unpaired) electrons. The van der Waals surface area contributed by atoms with E-state index in [9.17, 15) is 14.4 Å². The van der Waals surface area contributed by atoms with E-state index in [2.05, 4.69) is 5.32 Å². The minimum absolute atomic E-state index is 0.0339. The molecule has 0 unspecified atom stereocenters. The van der Waals surface area contributed by atoms with Crippen LogP contribution in [0.2, 0.25) is 0 Å². The number of nitrogens with zero attached hydrogens (tertiary/aromatic N) is 1. The average Bonchev–Trinajstić information content (AvgIpc) is 3.09. The second-order valence-corrected chi connectivity index (χ2v) is 8.13. The number of ether oxygens (including phenoxy) is 2. The van der Waals surface area contributed by atoms with Crippen LogP contribution in [0.3, 0.4) is 0 Å². The van der Waals surface area contributed by atoms with Crippen molar-refractivity contribution in [1.82, 2.24) is 4.90 Å². The second-order valence-electron chi connectivity index (χ2n) is 6.63. The minimum Gasteiger partial charge on any atom is -0.495 e. The maximum atomic E-state index is 12.4. The van der Waals surface area contributed by atoms with E-state index < -0.39 is 24.5 Å². The number of hydrogen-bond donors (Lipinski definition) is 1. The van der Waals surface area contributed by atoms with Crippen molar-refractivity contribution >= 4 is 35.2 Å². The third kappa shape index (κ3) is 3.51. The van der Waals surface area contributed by atoms with Crippen LogP contribution in [0.5, 0.6) is 5.75 Å². The molecule has 2 heterocycles. The molecule has 2 atom stereocenters. The molecule has 2 aliphatic rings. The summed E-state index contributed by atoms with van der Waals surface area (Å²) in [5, 5.41) is 2.68. The van der Waals surface area contributed by atoms with Gasteiger partial charge in [-0.25, -0.2) is 4.79 Å². The fourth-order valence-corrected chi connectivity index (χ4v) is 4.75. The molecule has 2 amide bonds. The Morgan fingerprint density at radius 2 is 2.19 bits per heavy atom. The molecule has 26 heavy (non-hydrogen) atoms. The van der Waals surface area contributed by atoms with Gasteiger partial charge >= 0.3 is 5.97 Å². The highest BCUT2D eigenvalue weighted by Crippen LogP contribution is 2.47. The standard InChI is InChI=1S/C18H22N2O5S/c1-11-4-5-14(24-3)12(8-11)19-15(21)9-25-17(23)13-10-26-18(2)7-6-16(22)20(13)18/h4-5,8,13H,6-7,9-10H2,1-3H3,(H,19,21)/t13-,18+/m1/s1. The maximum Gasteiger partial charge on any atom is 0.330 e. The topological polar surface area (TPSA) is 84.9 Å². The molecule has 2 aliphatic heterocycles. The lowest BCUT2D eigenvalue weighted by Crippen LogP contribution is -2.47. The van der Waals surface area contributed by atoms with Gasteiger partial charge in [0.2, 0.25) is 5.91 Å². The fourth-order valence-electron chi connectivity index (χ4n) is 3.33. The first kappa shape index (κ1) is 18.6. The summed E-state index contributed by atoms with van der Waals surface area (Å²) >= 11 is 1.59. The Bertz CT molecular complexity index is 753. The number of nitrogens with one attached hydrogen (secondary N) is 1. The van der Waals surface area contributed by atoms with Gasteiger partial charge in [0.1, 0.15) is 11.8 Å². The lowest BCUT2D eigenvalue weighted by molar-refractivity contribution is -0.155. The van der Waals surface area contributed by atoms with E-state index in [4.69, 9.17) is 9.47 Å². The van der Waals surface area contributed by atoms with Crippen molar-refractivity contribution < 1.29 is 23.9 Å². The van der Waals surface area contributed by atoms with Gasteiger partial charge in [-0.1, -0.05) is 6.07 Å². The highest BCUT2D eigenvalue weighted by Gasteiger charge is 2.53. The molecule has 0 saturated carbocycles. The van der Waals surface area contributed by atoms with Crippen LogP contribution in [-0.4, -0.2) is 53.1 Å².